The van der Waals surface area contributed by atoms with Gasteiger partial charge in [0.05, 0.1) is 27.4 Å². The van der Waals surface area contributed by atoms with Crippen LogP contribution in [0.15, 0.2) is 18.3 Å². The average molecular weight is 248 g/mol. The fraction of sp³-hybridized carbons (Fsp3) is 0. The molecule has 0 aliphatic heterocycles. The van der Waals surface area contributed by atoms with E-state index in [1.165, 1.54) is 6.20 Å². The highest BCUT2D eigenvalue weighted by molar-refractivity contribution is 6.44. The Morgan fingerprint density at radius 1 is 1.14 bits per heavy atom. The van der Waals surface area contributed by atoms with Crippen LogP contribution in [0.25, 0.3) is 10.9 Å². The van der Waals surface area contributed by atoms with Gasteiger partial charge in [-0.25, -0.2) is 0 Å². The summed E-state index contributed by atoms with van der Waals surface area (Å²) in [5, 5.41) is 2.03. The van der Waals surface area contributed by atoms with Crippen molar-refractivity contribution in [2.45, 2.75) is 0 Å². The number of aromatic nitrogens is 1. The third-order valence-corrected chi connectivity index (χ3v) is 2.77. The van der Waals surface area contributed by atoms with Gasteiger partial charge in [-0.1, -0.05) is 34.8 Å². The molecule has 0 unspecified atom stereocenters. The fourth-order valence-corrected chi connectivity index (χ4v) is 2.09. The molecule has 2 aromatic rings. The van der Waals surface area contributed by atoms with Crippen LogP contribution in [0.3, 0.4) is 0 Å². The van der Waals surface area contributed by atoms with Crippen molar-refractivity contribution in [3.63, 3.8) is 0 Å². The molecular weight excluding hydrogens is 242 g/mol. The lowest BCUT2D eigenvalue weighted by Crippen LogP contribution is -1.90. The molecule has 0 atom stereocenters. The molecule has 2 nitrogen and oxygen atoms in total. The highest BCUT2D eigenvalue weighted by Crippen LogP contribution is 2.34. The molecular formula is C9H5Cl3N2. The quantitative estimate of drug-likeness (QED) is 0.769. The van der Waals surface area contributed by atoms with Crippen molar-refractivity contribution < 1.29 is 0 Å². The molecule has 1 heterocycles. The topological polar surface area (TPSA) is 38.9 Å². The van der Waals surface area contributed by atoms with Gasteiger partial charge in [0.25, 0.3) is 0 Å². The molecule has 0 saturated heterocycles. The molecule has 1 aromatic carbocycles. The minimum Gasteiger partial charge on any atom is -0.396 e. The van der Waals surface area contributed by atoms with E-state index in [9.17, 15) is 0 Å². The van der Waals surface area contributed by atoms with Crippen LogP contribution in [0.1, 0.15) is 0 Å². The summed E-state index contributed by atoms with van der Waals surface area (Å²) in [6.07, 6.45) is 1.48. The van der Waals surface area contributed by atoms with Crippen molar-refractivity contribution in [1.29, 1.82) is 0 Å². The summed E-state index contributed by atoms with van der Waals surface area (Å²) in [5.41, 5.74) is 6.65. The predicted octanol–water partition coefficient (Wildman–Crippen LogP) is 3.78. The van der Waals surface area contributed by atoms with E-state index < -0.39 is 0 Å². The predicted molar refractivity (Wildman–Crippen MR) is 61.2 cm³/mol. The van der Waals surface area contributed by atoms with Crippen molar-refractivity contribution in [3.05, 3.63) is 33.4 Å². The Hall–Kier alpha value is -0.700. The van der Waals surface area contributed by atoms with Gasteiger partial charge in [0, 0.05) is 10.4 Å². The number of pyridine rings is 1. The Labute approximate surface area is 95.6 Å². The summed E-state index contributed by atoms with van der Waals surface area (Å²) in [5.74, 6) is 0. The number of nitrogens with zero attached hydrogens (tertiary/aromatic N) is 1. The lowest BCUT2D eigenvalue weighted by molar-refractivity contribution is 1.41. The van der Waals surface area contributed by atoms with Crippen LogP contribution in [0.5, 0.6) is 0 Å². The molecule has 0 aliphatic rings. The lowest BCUT2D eigenvalue weighted by atomic mass is 10.2. The Balaban J connectivity index is 2.95. The maximum atomic E-state index is 5.99. The number of hydrogen-bond acceptors (Lipinski definition) is 2. The maximum absolute atomic E-state index is 5.99. The maximum Gasteiger partial charge on any atom is 0.0760 e. The normalized spacial score (nSPS) is 10.8. The molecule has 0 fully saturated rings. The van der Waals surface area contributed by atoms with Crippen LogP contribution in [-0.4, -0.2) is 4.98 Å². The standard InChI is InChI=1S/C9H5Cl3N2/c10-4-1-5(11)8-7(2-4)14-3-6(13)9(8)12/h1-3H,13H2. The van der Waals surface area contributed by atoms with E-state index in [0.29, 0.717) is 31.7 Å². The summed E-state index contributed by atoms with van der Waals surface area (Å²) in [6.45, 7) is 0. The van der Waals surface area contributed by atoms with Gasteiger partial charge in [0.2, 0.25) is 0 Å². The average Bonchev–Trinajstić information content (AvgIpc) is 2.10. The lowest BCUT2D eigenvalue weighted by Gasteiger charge is -2.05. The Morgan fingerprint density at radius 3 is 2.57 bits per heavy atom. The summed E-state index contributed by atoms with van der Waals surface area (Å²) >= 11 is 17.8. The van der Waals surface area contributed by atoms with Crippen LogP contribution in [-0.2, 0) is 0 Å². The van der Waals surface area contributed by atoms with E-state index in [4.69, 9.17) is 40.5 Å². The number of nitrogens with two attached hydrogens (primary N) is 1. The second kappa shape index (κ2) is 3.46. The first-order valence-electron chi connectivity index (χ1n) is 3.78. The Kier molecular flexibility index (Phi) is 2.43. The number of fused-ring (bicyclic) bond motifs is 1. The minimum absolute atomic E-state index is 0.406. The van der Waals surface area contributed by atoms with Gasteiger partial charge in [-0.3, -0.25) is 4.98 Å². The van der Waals surface area contributed by atoms with E-state index in [1.54, 1.807) is 12.1 Å². The SMILES string of the molecule is Nc1cnc2cc(Cl)cc(Cl)c2c1Cl. The molecule has 0 radical (unpaired) electrons. The summed E-state index contributed by atoms with van der Waals surface area (Å²) in [4.78, 5) is 4.08. The van der Waals surface area contributed by atoms with Gasteiger partial charge < -0.3 is 5.73 Å². The van der Waals surface area contributed by atoms with Crippen LogP contribution in [0.2, 0.25) is 15.1 Å². The van der Waals surface area contributed by atoms with Crippen LogP contribution >= 0.6 is 34.8 Å². The van der Waals surface area contributed by atoms with Gasteiger partial charge in [-0.05, 0) is 12.1 Å². The van der Waals surface area contributed by atoms with Gasteiger partial charge in [0.15, 0.2) is 0 Å². The first kappa shape index (κ1) is 9.84. The first-order valence-corrected chi connectivity index (χ1v) is 4.91. The fourth-order valence-electron chi connectivity index (χ4n) is 1.22. The van der Waals surface area contributed by atoms with E-state index in [1.807, 2.05) is 0 Å². The molecule has 0 spiro atoms. The number of rotatable bonds is 0. The van der Waals surface area contributed by atoms with E-state index in [-0.39, 0.29) is 0 Å². The number of halogens is 3. The summed E-state index contributed by atoms with van der Waals surface area (Å²) in [7, 11) is 0. The Morgan fingerprint density at radius 2 is 1.86 bits per heavy atom. The van der Waals surface area contributed by atoms with E-state index in [2.05, 4.69) is 4.98 Å². The highest BCUT2D eigenvalue weighted by Gasteiger charge is 2.09. The number of hydrogen-bond donors (Lipinski definition) is 1. The number of nitrogen functional groups attached to an aromatic ring is 1. The van der Waals surface area contributed by atoms with Crippen molar-refractivity contribution >= 4 is 51.4 Å². The number of anilines is 1. The monoisotopic (exact) mass is 246 g/mol. The van der Waals surface area contributed by atoms with E-state index in [0.717, 1.165) is 0 Å². The van der Waals surface area contributed by atoms with Crippen LogP contribution in [0, 0.1) is 0 Å². The minimum atomic E-state index is 0.406. The molecule has 5 heteroatoms. The van der Waals surface area contributed by atoms with Crippen molar-refractivity contribution in [1.82, 2.24) is 4.98 Å². The van der Waals surface area contributed by atoms with Gasteiger partial charge in [0.1, 0.15) is 0 Å². The van der Waals surface area contributed by atoms with Crippen molar-refractivity contribution in [2.75, 3.05) is 5.73 Å². The molecule has 72 valence electrons. The second-order valence-electron chi connectivity index (χ2n) is 2.81. The van der Waals surface area contributed by atoms with Crippen molar-refractivity contribution in [3.8, 4) is 0 Å². The van der Waals surface area contributed by atoms with Gasteiger partial charge in [-0.15, -0.1) is 0 Å². The zero-order chi connectivity index (χ0) is 10.3. The Bertz CT molecular complexity index is 511. The second-order valence-corrected chi connectivity index (χ2v) is 4.03. The zero-order valence-corrected chi connectivity index (χ0v) is 9.16. The molecule has 2 N–H and O–H groups in total. The van der Waals surface area contributed by atoms with Gasteiger partial charge in [-0.2, -0.15) is 0 Å². The molecule has 14 heavy (non-hydrogen) atoms. The van der Waals surface area contributed by atoms with E-state index >= 15 is 0 Å². The van der Waals surface area contributed by atoms with Crippen molar-refractivity contribution in [2.24, 2.45) is 0 Å². The molecule has 0 saturated carbocycles. The molecule has 2 rings (SSSR count). The number of benzene rings is 1. The molecule has 0 bridgehead atoms. The largest absolute Gasteiger partial charge is 0.396 e. The van der Waals surface area contributed by atoms with Gasteiger partial charge >= 0.3 is 0 Å². The highest BCUT2D eigenvalue weighted by atomic mass is 35.5. The third-order valence-electron chi connectivity index (χ3n) is 1.85. The first-order chi connectivity index (χ1) is 6.59. The smallest absolute Gasteiger partial charge is 0.0760 e. The molecule has 0 aliphatic carbocycles. The molecule has 1 aromatic heterocycles. The van der Waals surface area contributed by atoms with Crippen LogP contribution in [0.4, 0.5) is 5.69 Å². The summed E-state index contributed by atoms with van der Waals surface area (Å²) in [6, 6.07) is 3.30. The van der Waals surface area contributed by atoms with Crippen LogP contribution < -0.4 is 5.73 Å². The zero-order valence-electron chi connectivity index (χ0n) is 6.89. The third kappa shape index (κ3) is 1.50. The molecule has 0 amide bonds. The summed E-state index contributed by atoms with van der Waals surface area (Å²) < 4.78 is 0.